The number of rotatable bonds is 4. The minimum absolute atomic E-state index is 0.185. The summed E-state index contributed by atoms with van der Waals surface area (Å²) < 4.78 is 14.1. The zero-order valence-corrected chi connectivity index (χ0v) is 12.8. The molecule has 2 heterocycles. The van der Waals surface area contributed by atoms with Crippen molar-refractivity contribution in [1.82, 2.24) is 9.55 Å². The van der Waals surface area contributed by atoms with E-state index in [0.29, 0.717) is 13.2 Å². The predicted octanol–water partition coefficient (Wildman–Crippen LogP) is 2.23. The molecular weight excluding hydrogens is 286 g/mol. The third-order valence-corrected chi connectivity index (χ3v) is 4.13. The Hall–Kier alpha value is -1.79. The average molecular weight is 305 g/mol. The minimum atomic E-state index is 0.185. The van der Waals surface area contributed by atoms with Gasteiger partial charge in [-0.1, -0.05) is 12.1 Å². The number of fused-ring (bicyclic) bond motifs is 1. The Morgan fingerprint density at radius 1 is 1.52 bits per heavy atom. The van der Waals surface area contributed by atoms with Crippen LogP contribution in [0.4, 0.5) is 0 Å². The number of imidazole rings is 1. The van der Waals surface area contributed by atoms with Gasteiger partial charge in [0.15, 0.2) is 16.3 Å². The second-order valence-electron chi connectivity index (χ2n) is 5.11. The Morgan fingerprint density at radius 3 is 3.14 bits per heavy atom. The fraction of sp³-hybridized carbons (Fsp3) is 0.400. The lowest BCUT2D eigenvalue weighted by Crippen LogP contribution is -2.26. The summed E-state index contributed by atoms with van der Waals surface area (Å²) >= 11 is 5.40. The SMILES string of the molecule is COc1cccc2c1OC[C@H](n1c(CCN)c[nH]c1=S)C2. The largest absolute Gasteiger partial charge is 0.493 e. The molecule has 21 heavy (non-hydrogen) atoms. The van der Waals surface area contributed by atoms with Crippen molar-refractivity contribution in [3.05, 3.63) is 40.4 Å². The number of methoxy groups -OCH3 is 1. The van der Waals surface area contributed by atoms with Gasteiger partial charge in [-0.25, -0.2) is 0 Å². The van der Waals surface area contributed by atoms with Crippen molar-refractivity contribution in [2.24, 2.45) is 5.73 Å². The summed E-state index contributed by atoms with van der Waals surface area (Å²) in [6.07, 6.45) is 3.61. The van der Waals surface area contributed by atoms with E-state index in [0.717, 1.165) is 40.4 Å². The van der Waals surface area contributed by atoms with E-state index < -0.39 is 0 Å². The highest BCUT2D eigenvalue weighted by atomic mass is 32.1. The van der Waals surface area contributed by atoms with Crippen molar-refractivity contribution in [3.8, 4) is 11.5 Å². The number of H-pyrrole nitrogens is 1. The molecular formula is C15H19N3O2S. The van der Waals surface area contributed by atoms with Gasteiger partial charge in [-0.3, -0.25) is 0 Å². The Labute approximate surface area is 128 Å². The number of benzene rings is 1. The van der Waals surface area contributed by atoms with Crippen LogP contribution < -0.4 is 15.2 Å². The normalized spacial score (nSPS) is 17.1. The number of aromatic nitrogens is 2. The van der Waals surface area contributed by atoms with Crippen molar-refractivity contribution in [2.75, 3.05) is 20.3 Å². The van der Waals surface area contributed by atoms with Crippen molar-refractivity contribution < 1.29 is 9.47 Å². The Bertz CT molecular complexity index is 692. The summed E-state index contributed by atoms with van der Waals surface area (Å²) in [6.45, 7) is 1.18. The maximum atomic E-state index is 5.93. The molecule has 112 valence electrons. The number of nitrogens with zero attached hydrogens (tertiary/aromatic N) is 1. The summed E-state index contributed by atoms with van der Waals surface area (Å²) in [5.41, 5.74) is 7.95. The standard InChI is InChI=1S/C15H19N3O2S/c1-19-13-4-2-3-10-7-12(9-20-14(10)13)18-11(5-6-16)8-17-15(18)21/h2-4,8,12H,5-7,9,16H2,1H3,(H,17,21)/t12-/m1/s1. The molecule has 0 aliphatic carbocycles. The number of nitrogens with two attached hydrogens (primary N) is 1. The van der Waals surface area contributed by atoms with E-state index in [1.54, 1.807) is 7.11 Å². The maximum Gasteiger partial charge on any atom is 0.177 e. The third-order valence-electron chi connectivity index (χ3n) is 3.81. The fourth-order valence-electron chi connectivity index (χ4n) is 2.86. The van der Waals surface area contributed by atoms with Crippen LogP contribution >= 0.6 is 12.2 Å². The van der Waals surface area contributed by atoms with Crippen LogP contribution in [-0.4, -0.2) is 29.8 Å². The van der Waals surface area contributed by atoms with E-state index in [2.05, 4.69) is 15.6 Å². The number of para-hydroxylation sites is 1. The van der Waals surface area contributed by atoms with E-state index in [-0.39, 0.29) is 6.04 Å². The molecule has 1 aromatic heterocycles. The number of hydrogen-bond donors (Lipinski definition) is 2. The molecule has 0 radical (unpaired) electrons. The summed E-state index contributed by atoms with van der Waals surface area (Å²) in [5.74, 6) is 1.63. The highest BCUT2D eigenvalue weighted by Gasteiger charge is 2.25. The molecule has 0 spiro atoms. The first-order chi connectivity index (χ1) is 10.2. The van der Waals surface area contributed by atoms with Gasteiger partial charge in [-0.05, 0) is 24.8 Å². The lowest BCUT2D eigenvalue weighted by atomic mass is 10.0. The van der Waals surface area contributed by atoms with Crippen molar-refractivity contribution in [3.63, 3.8) is 0 Å². The highest BCUT2D eigenvalue weighted by molar-refractivity contribution is 7.71. The smallest absolute Gasteiger partial charge is 0.177 e. The van der Waals surface area contributed by atoms with Gasteiger partial charge in [0.25, 0.3) is 0 Å². The first kappa shape index (κ1) is 14.2. The molecule has 1 atom stereocenters. The second kappa shape index (κ2) is 5.91. The van der Waals surface area contributed by atoms with Crippen LogP contribution in [0, 0.1) is 4.77 Å². The lowest BCUT2D eigenvalue weighted by molar-refractivity contribution is 0.211. The van der Waals surface area contributed by atoms with E-state index >= 15 is 0 Å². The molecule has 0 amide bonds. The summed E-state index contributed by atoms with van der Waals surface area (Å²) in [5, 5.41) is 0. The quantitative estimate of drug-likeness (QED) is 0.850. The molecule has 2 aromatic rings. The molecule has 1 aromatic carbocycles. The molecule has 0 saturated carbocycles. The molecule has 1 aliphatic rings. The lowest BCUT2D eigenvalue weighted by Gasteiger charge is -2.28. The zero-order valence-electron chi connectivity index (χ0n) is 12.0. The number of nitrogens with one attached hydrogen (secondary N) is 1. The molecule has 3 N–H and O–H groups in total. The molecule has 0 unspecified atom stereocenters. The van der Waals surface area contributed by atoms with Gasteiger partial charge in [0, 0.05) is 30.3 Å². The fourth-order valence-corrected chi connectivity index (χ4v) is 3.19. The maximum absolute atomic E-state index is 5.93. The van der Waals surface area contributed by atoms with Gasteiger partial charge < -0.3 is 24.8 Å². The minimum Gasteiger partial charge on any atom is -0.493 e. The topological polar surface area (TPSA) is 65.2 Å². The van der Waals surface area contributed by atoms with Crippen LogP contribution in [0.15, 0.2) is 24.4 Å². The van der Waals surface area contributed by atoms with Crippen LogP contribution in [-0.2, 0) is 12.8 Å². The Balaban J connectivity index is 1.93. The molecule has 6 heteroatoms. The Morgan fingerprint density at radius 2 is 2.38 bits per heavy atom. The summed E-state index contributed by atoms with van der Waals surface area (Å²) in [7, 11) is 1.66. The average Bonchev–Trinajstić information content (AvgIpc) is 2.87. The van der Waals surface area contributed by atoms with Crippen molar-refractivity contribution >= 4 is 12.2 Å². The third kappa shape index (κ3) is 2.56. The van der Waals surface area contributed by atoms with Crippen LogP contribution in [0.3, 0.4) is 0 Å². The zero-order chi connectivity index (χ0) is 14.8. The monoisotopic (exact) mass is 305 g/mol. The number of aromatic amines is 1. The van der Waals surface area contributed by atoms with Gasteiger partial charge in [0.05, 0.1) is 13.2 Å². The van der Waals surface area contributed by atoms with E-state index in [4.69, 9.17) is 27.4 Å². The molecule has 5 nitrogen and oxygen atoms in total. The molecule has 1 aliphatic heterocycles. The van der Waals surface area contributed by atoms with E-state index in [1.165, 1.54) is 0 Å². The predicted molar refractivity (Wildman–Crippen MR) is 83.6 cm³/mol. The number of ether oxygens (including phenoxy) is 2. The van der Waals surface area contributed by atoms with Crippen molar-refractivity contribution in [1.29, 1.82) is 0 Å². The van der Waals surface area contributed by atoms with Crippen LogP contribution in [0.2, 0.25) is 0 Å². The highest BCUT2D eigenvalue weighted by Crippen LogP contribution is 2.37. The second-order valence-corrected chi connectivity index (χ2v) is 5.50. The molecule has 0 saturated heterocycles. The van der Waals surface area contributed by atoms with Crippen LogP contribution in [0.25, 0.3) is 0 Å². The van der Waals surface area contributed by atoms with Crippen molar-refractivity contribution in [2.45, 2.75) is 18.9 Å². The van der Waals surface area contributed by atoms with E-state index in [9.17, 15) is 0 Å². The molecule has 3 rings (SSSR count). The van der Waals surface area contributed by atoms with Gasteiger partial charge >= 0.3 is 0 Å². The van der Waals surface area contributed by atoms with Gasteiger partial charge in [-0.2, -0.15) is 0 Å². The van der Waals surface area contributed by atoms with Gasteiger partial charge in [0.1, 0.15) is 6.61 Å². The summed E-state index contributed by atoms with van der Waals surface area (Å²) in [6, 6.07) is 6.16. The molecule has 0 bridgehead atoms. The van der Waals surface area contributed by atoms with Gasteiger partial charge in [0.2, 0.25) is 0 Å². The molecule has 0 fully saturated rings. The first-order valence-electron chi connectivity index (χ1n) is 7.02. The first-order valence-corrected chi connectivity index (χ1v) is 7.43. The summed E-state index contributed by atoms with van der Waals surface area (Å²) in [4.78, 5) is 3.11. The van der Waals surface area contributed by atoms with E-state index in [1.807, 2.05) is 18.3 Å². The van der Waals surface area contributed by atoms with Gasteiger partial charge in [-0.15, -0.1) is 0 Å². The number of hydrogen-bond acceptors (Lipinski definition) is 4. The van der Waals surface area contributed by atoms with Crippen LogP contribution in [0.1, 0.15) is 17.3 Å². The van der Waals surface area contributed by atoms with Crippen LogP contribution in [0.5, 0.6) is 11.5 Å². The Kier molecular flexibility index (Phi) is 3.98.